The molecule has 3 nitrogen and oxygen atoms in total. The zero-order valence-electron chi connectivity index (χ0n) is 12.9. The minimum atomic E-state index is -0.0870. The third-order valence-electron chi connectivity index (χ3n) is 3.07. The summed E-state index contributed by atoms with van der Waals surface area (Å²) >= 11 is 0. The van der Waals surface area contributed by atoms with E-state index in [0.29, 0.717) is 11.3 Å². The topological polar surface area (TPSA) is 38.3 Å². The van der Waals surface area contributed by atoms with E-state index in [1.807, 2.05) is 52.0 Å². The number of carbonyl (C=O) groups is 1. The normalized spacial score (nSPS) is 10.5. The second-order valence-electron chi connectivity index (χ2n) is 5.53. The molecule has 0 fully saturated rings. The maximum absolute atomic E-state index is 12.0. The lowest BCUT2D eigenvalue weighted by molar-refractivity contribution is 0.0943. The second kappa shape index (κ2) is 6.44. The van der Waals surface area contributed by atoms with E-state index in [1.165, 1.54) is 5.56 Å². The molecule has 0 radical (unpaired) electrons. The van der Waals surface area contributed by atoms with Gasteiger partial charge in [-0.3, -0.25) is 4.79 Å². The summed E-state index contributed by atoms with van der Waals surface area (Å²) in [4.78, 5) is 12.0. The molecule has 0 aromatic heterocycles. The van der Waals surface area contributed by atoms with Crippen LogP contribution in [0.25, 0.3) is 0 Å². The SMILES string of the molecule is Cc1ccc(Oc2cccc(C(=O)NC(C)C)c2)c(C)c1. The van der Waals surface area contributed by atoms with Crippen molar-refractivity contribution < 1.29 is 9.53 Å². The van der Waals surface area contributed by atoms with Gasteiger partial charge < -0.3 is 10.1 Å². The molecular weight excluding hydrogens is 262 g/mol. The van der Waals surface area contributed by atoms with E-state index in [-0.39, 0.29) is 11.9 Å². The number of nitrogens with one attached hydrogen (secondary N) is 1. The van der Waals surface area contributed by atoms with Crippen LogP contribution in [-0.2, 0) is 0 Å². The van der Waals surface area contributed by atoms with E-state index in [9.17, 15) is 4.79 Å². The summed E-state index contributed by atoms with van der Waals surface area (Å²) in [5.74, 6) is 1.39. The summed E-state index contributed by atoms with van der Waals surface area (Å²) in [6.07, 6.45) is 0. The predicted octanol–water partition coefficient (Wildman–Crippen LogP) is 4.23. The zero-order valence-corrected chi connectivity index (χ0v) is 12.9. The van der Waals surface area contributed by atoms with E-state index < -0.39 is 0 Å². The maximum atomic E-state index is 12.0. The van der Waals surface area contributed by atoms with Crippen LogP contribution in [0.4, 0.5) is 0 Å². The lowest BCUT2D eigenvalue weighted by Crippen LogP contribution is -2.29. The number of benzene rings is 2. The summed E-state index contributed by atoms with van der Waals surface area (Å²) < 4.78 is 5.88. The summed E-state index contributed by atoms with van der Waals surface area (Å²) in [6, 6.07) is 13.4. The highest BCUT2D eigenvalue weighted by Crippen LogP contribution is 2.26. The number of hydrogen-bond donors (Lipinski definition) is 1. The highest BCUT2D eigenvalue weighted by Gasteiger charge is 2.09. The quantitative estimate of drug-likeness (QED) is 0.911. The molecule has 3 heteroatoms. The first-order chi connectivity index (χ1) is 9.95. The molecule has 0 atom stereocenters. The van der Waals surface area contributed by atoms with Crippen LogP contribution in [-0.4, -0.2) is 11.9 Å². The molecule has 2 rings (SSSR count). The Morgan fingerprint density at radius 3 is 2.52 bits per heavy atom. The van der Waals surface area contributed by atoms with Gasteiger partial charge in [0.05, 0.1) is 0 Å². The fraction of sp³-hybridized carbons (Fsp3) is 0.278. The number of aryl methyl sites for hydroxylation is 2. The van der Waals surface area contributed by atoms with Gasteiger partial charge in [0.25, 0.3) is 5.91 Å². The van der Waals surface area contributed by atoms with Crippen LogP contribution in [0.2, 0.25) is 0 Å². The average Bonchev–Trinajstić information content (AvgIpc) is 2.41. The van der Waals surface area contributed by atoms with E-state index in [0.717, 1.165) is 11.3 Å². The van der Waals surface area contributed by atoms with Crippen LogP contribution in [0.3, 0.4) is 0 Å². The fourth-order valence-corrected chi connectivity index (χ4v) is 2.09. The van der Waals surface area contributed by atoms with E-state index in [4.69, 9.17) is 4.74 Å². The summed E-state index contributed by atoms with van der Waals surface area (Å²) in [6.45, 7) is 7.94. The van der Waals surface area contributed by atoms with Crippen molar-refractivity contribution in [3.63, 3.8) is 0 Å². The largest absolute Gasteiger partial charge is 0.457 e. The Bertz CT molecular complexity index is 647. The van der Waals surface area contributed by atoms with Gasteiger partial charge >= 0.3 is 0 Å². The minimum Gasteiger partial charge on any atom is -0.457 e. The summed E-state index contributed by atoms with van der Waals surface area (Å²) in [5, 5.41) is 2.87. The molecule has 110 valence electrons. The minimum absolute atomic E-state index is 0.0870. The standard InChI is InChI=1S/C18H21NO2/c1-12(2)19-18(20)15-6-5-7-16(11-15)21-17-9-8-13(3)10-14(17)4/h5-12H,1-4H3,(H,19,20). The summed E-state index contributed by atoms with van der Waals surface area (Å²) in [5.41, 5.74) is 2.88. The van der Waals surface area contributed by atoms with Crippen molar-refractivity contribution >= 4 is 5.91 Å². The Hall–Kier alpha value is -2.29. The van der Waals surface area contributed by atoms with Crippen molar-refractivity contribution in [2.45, 2.75) is 33.7 Å². The van der Waals surface area contributed by atoms with Gasteiger partial charge in [-0.1, -0.05) is 23.8 Å². The highest BCUT2D eigenvalue weighted by molar-refractivity contribution is 5.94. The molecule has 0 spiro atoms. The molecule has 0 aliphatic rings. The first-order valence-corrected chi connectivity index (χ1v) is 7.12. The molecule has 0 saturated carbocycles. The lowest BCUT2D eigenvalue weighted by atomic mass is 10.1. The molecule has 2 aromatic carbocycles. The molecule has 1 N–H and O–H groups in total. The van der Waals surface area contributed by atoms with Gasteiger partial charge in [0.2, 0.25) is 0 Å². The molecule has 0 unspecified atom stereocenters. The molecule has 0 saturated heterocycles. The van der Waals surface area contributed by atoms with Crippen LogP contribution in [0.1, 0.15) is 35.3 Å². The van der Waals surface area contributed by atoms with Gasteiger partial charge in [0.1, 0.15) is 11.5 Å². The van der Waals surface area contributed by atoms with Gasteiger partial charge in [0, 0.05) is 11.6 Å². The van der Waals surface area contributed by atoms with E-state index in [1.54, 1.807) is 12.1 Å². The molecule has 0 heterocycles. The predicted molar refractivity (Wildman–Crippen MR) is 85.0 cm³/mol. The van der Waals surface area contributed by atoms with Crippen LogP contribution >= 0.6 is 0 Å². The Kier molecular flexibility index (Phi) is 4.63. The van der Waals surface area contributed by atoms with Gasteiger partial charge in [-0.05, 0) is 57.5 Å². The summed E-state index contributed by atoms with van der Waals surface area (Å²) in [7, 11) is 0. The molecule has 1 amide bonds. The first-order valence-electron chi connectivity index (χ1n) is 7.12. The monoisotopic (exact) mass is 283 g/mol. The number of rotatable bonds is 4. The number of carbonyl (C=O) groups excluding carboxylic acids is 1. The van der Waals surface area contributed by atoms with Crippen molar-refractivity contribution in [3.8, 4) is 11.5 Å². The molecule has 2 aromatic rings. The third kappa shape index (κ3) is 4.09. The van der Waals surface area contributed by atoms with Crippen LogP contribution in [0.15, 0.2) is 42.5 Å². The van der Waals surface area contributed by atoms with E-state index in [2.05, 4.69) is 11.4 Å². The van der Waals surface area contributed by atoms with E-state index >= 15 is 0 Å². The highest BCUT2D eigenvalue weighted by atomic mass is 16.5. The molecule has 0 bridgehead atoms. The van der Waals surface area contributed by atoms with Crippen LogP contribution in [0.5, 0.6) is 11.5 Å². The molecule has 0 aliphatic heterocycles. The third-order valence-corrected chi connectivity index (χ3v) is 3.07. The maximum Gasteiger partial charge on any atom is 0.251 e. The van der Waals surface area contributed by atoms with Crippen LogP contribution in [0, 0.1) is 13.8 Å². The van der Waals surface area contributed by atoms with Gasteiger partial charge in [-0.25, -0.2) is 0 Å². The van der Waals surface area contributed by atoms with Crippen LogP contribution < -0.4 is 10.1 Å². The number of amides is 1. The first kappa shape index (κ1) is 15.1. The number of hydrogen-bond acceptors (Lipinski definition) is 2. The molecule has 21 heavy (non-hydrogen) atoms. The van der Waals surface area contributed by atoms with Crippen molar-refractivity contribution in [1.82, 2.24) is 5.32 Å². The molecular formula is C18H21NO2. The number of ether oxygens (including phenoxy) is 1. The average molecular weight is 283 g/mol. The van der Waals surface area contributed by atoms with Crippen molar-refractivity contribution in [3.05, 3.63) is 59.2 Å². The smallest absolute Gasteiger partial charge is 0.251 e. The Balaban J connectivity index is 2.19. The Morgan fingerprint density at radius 2 is 1.86 bits per heavy atom. The Morgan fingerprint density at radius 1 is 1.10 bits per heavy atom. The zero-order chi connectivity index (χ0) is 15.4. The van der Waals surface area contributed by atoms with Crippen molar-refractivity contribution in [2.24, 2.45) is 0 Å². The fourth-order valence-electron chi connectivity index (χ4n) is 2.09. The van der Waals surface area contributed by atoms with Gasteiger partial charge in [-0.2, -0.15) is 0 Å². The Labute approximate surface area is 126 Å². The van der Waals surface area contributed by atoms with Crippen molar-refractivity contribution in [2.75, 3.05) is 0 Å². The molecule has 0 aliphatic carbocycles. The lowest BCUT2D eigenvalue weighted by Gasteiger charge is -2.12. The van der Waals surface area contributed by atoms with Gasteiger partial charge in [-0.15, -0.1) is 0 Å². The van der Waals surface area contributed by atoms with Crippen molar-refractivity contribution in [1.29, 1.82) is 0 Å². The van der Waals surface area contributed by atoms with Gasteiger partial charge in [0.15, 0.2) is 0 Å². The second-order valence-corrected chi connectivity index (χ2v) is 5.53.